The second kappa shape index (κ2) is 7.01. The molecule has 0 heterocycles. The predicted octanol–water partition coefficient (Wildman–Crippen LogP) is 5.47. The fourth-order valence-corrected chi connectivity index (χ4v) is 4.12. The van der Waals surface area contributed by atoms with E-state index in [4.69, 9.17) is 11.6 Å². The van der Waals surface area contributed by atoms with Gasteiger partial charge in [-0.3, -0.25) is 9.59 Å². The number of hydrogen-bond acceptors (Lipinski definition) is 2. The highest BCUT2D eigenvalue weighted by molar-refractivity contribution is 6.30. The number of rotatable bonds is 4. The van der Waals surface area contributed by atoms with Crippen LogP contribution in [0, 0.1) is 16.7 Å². The van der Waals surface area contributed by atoms with Crippen molar-refractivity contribution in [2.75, 3.05) is 5.32 Å². The normalized spacial score (nSPS) is 23.8. The predicted molar refractivity (Wildman–Crippen MR) is 108 cm³/mol. The number of benzene rings is 2. The number of carboxylic acid groups (broad SMARTS) is 1. The first kappa shape index (κ1) is 19.4. The van der Waals surface area contributed by atoms with E-state index in [0.29, 0.717) is 23.6 Å². The molecule has 0 aliphatic heterocycles. The molecule has 0 bridgehead atoms. The number of anilines is 1. The Bertz CT molecular complexity index is 858. The Hall–Kier alpha value is -2.33. The molecule has 1 amide bonds. The molecule has 0 spiro atoms. The Labute approximate surface area is 164 Å². The summed E-state index contributed by atoms with van der Waals surface area (Å²) in [4.78, 5) is 24.5. The molecule has 0 aromatic heterocycles. The summed E-state index contributed by atoms with van der Waals surface area (Å²) in [5, 5.41) is 13.1. The summed E-state index contributed by atoms with van der Waals surface area (Å²) in [6.45, 7) is 5.62. The van der Waals surface area contributed by atoms with Gasteiger partial charge < -0.3 is 10.4 Å². The Morgan fingerprint density at radius 2 is 1.52 bits per heavy atom. The fourth-order valence-electron chi connectivity index (χ4n) is 4.00. The molecule has 1 saturated carbocycles. The van der Waals surface area contributed by atoms with E-state index in [1.807, 2.05) is 69.3 Å². The van der Waals surface area contributed by atoms with Crippen LogP contribution in [0.5, 0.6) is 0 Å². The maximum atomic E-state index is 13.0. The van der Waals surface area contributed by atoms with Gasteiger partial charge in [0.15, 0.2) is 0 Å². The van der Waals surface area contributed by atoms with Crippen LogP contribution < -0.4 is 5.32 Å². The minimum Gasteiger partial charge on any atom is -0.481 e. The lowest BCUT2D eigenvalue weighted by Crippen LogP contribution is -2.45. The van der Waals surface area contributed by atoms with Gasteiger partial charge in [0.2, 0.25) is 5.91 Å². The van der Waals surface area contributed by atoms with E-state index >= 15 is 0 Å². The van der Waals surface area contributed by atoms with E-state index in [0.717, 1.165) is 11.1 Å². The van der Waals surface area contributed by atoms with Gasteiger partial charge in [-0.1, -0.05) is 56.6 Å². The second-order valence-electron chi connectivity index (χ2n) is 8.02. The summed E-state index contributed by atoms with van der Waals surface area (Å²) >= 11 is 5.93. The minimum absolute atomic E-state index is 0.129. The highest BCUT2D eigenvalue weighted by atomic mass is 35.5. The molecule has 4 nitrogen and oxygen atoms in total. The maximum absolute atomic E-state index is 13.0. The molecule has 27 heavy (non-hydrogen) atoms. The topological polar surface area (TPSA) is 66.4 Å². The lowest BCUT2D eigenvalue weighted by Gasteiger charge is -2.39. The molecule has 2 aromatic carbocycles. The Morgan fingerprint density at radius 1 is 1.00 bits per heavy atom. The number of carboxylic acids is 1. The Morgan fingerprint density at radius 3 is 2.00 bits per heavy atom. The van der Waals surface area contributed by atoms with Crippen LogP contribution in [0.3, 0.4) is 0 Å². The van der Waals surface area contributed by atoms with Crippen molar-refractivity contribution in [1.82, 2.24) is 0 Å². The summed E-state index contributed by atoms with van der Waals surface area (Å²) in [5.74, 6) is -1.47. The summed E-state index contributed by atoms with van der Waals surface area (Å²) in [6, 6.07) is 15.2. The van der Waals surface area contributed by atoms with Crippen LogP contribution in [-0.2, 0) is 9.59 Å². The van der Waals surface area contributed by atoms with Crippen molar-refractivity contribution in [2.45, 2.75) is 33.6 Å². The first-order valence-electron chi connectivity index (χ1n) is 9.05. The van der Waals surface area contributed by atoms with Gasteiger partial charge in [-0.25, -0.2) is 0 Å². The van der Waals surface area contributed by atoms with E-state index in [-0.39, 0.29) is 5.91 Å². The van der Waals surface area contributed by atoms with Crippen LogP contribution >= 0.6 is 11.6 Å². The summed E-state index contributed by atoms with van der Waals surface area (Å²) < 4.78 is 0. The van der Waals surface area contributed by atoms with E-state index in [9.17, 15) is 14.7 Å². The zero-order valence-corrected chi connectivity index (χ0v) is 16.5. The standard InChI is InChI=1S/C22H24ClNO3/c1-21(2)18(19(25)26)12-13-22(21,3)20(27)24-17-10-6-15(7-11-17)14-4-8-16(23)9-5-14/h4-11,18H,12-13H2,1-3H3,(H,24,27)(H,25,26)/t18-,22-/m1/s1. The number of carbonyl (C=O) groups excluding carboxylic acids is 1. The fraction of sp³-hybridized carbons (Fsp3) is 0.364. The lowest BCUT2D eigenvalue weighted by molar-refractivity contribution is -0.147. The van der Waals surface area contributed by atoms with Crippen molar-refractivity contribution in [3.8, 4) is 11.1 Å². The quantitative estimate of drug-likeness (QED) is 0.733. The molecule has 3 rings (SSSR count). The molecule has 0 saturated heterocycles. The van der Waals surface area contributed by atoms with Gasteiger partial charge in [0.1, 0.15) is 0 Å². The molecule has 142 valence electrons. The van der Waals surface area contributed by atoms with Crippen LogP contribution in [0.25, 0.3) is 11.1 Å². The number of hydrogen-bond donors (Lipinski definition) is 2. The van der Waals surface area contributed by atoms with Gasteiger partial charge in [-0.05, 0) is 53.6 Å². The van der Waals surface area contributed by atoms with Crippen molar-refractivity contribution < 1.29 is 14.7 Å². The molecular weight excluding hydrogens is 362 g/mol. The SMILES string of the molecule is CC1(C)[C@@H](C(=O)O)CC[C@]1(C)C(=O)Nc1ccc(-c2ccc(Cl)cc2)cc1. The van der Waals surface area contributed by atoms with Crippen molar-refractivity contribution in [3.63, 3.8) is 0 Å². The molecule has 1 aliphatic carbocycles. The number of aliphatic carboxylic acids is 1. The van der Waals surface area contributed by atoms with E-state index in [1.54, 1.807) is 0 Å². The molecule has 0 unspecified atom stereocenters. The van der Waals surface area contributed by atoms with Gasteiger partial charge in [0.05, 0.1) is 11.3 Å². The smallest absolute Gasteiger partial charge is 0.307 e. The molecule has 2 N–H and O–H groups in total. The molecule has 2 aromatic rings. The van der Waals surface area contributed by atoms with Crippen molar-refractivity contribution >= 4 is 29.2 Å². The average Bonchev–Trinajstić information content (AvgIpc) is 2.87. The van der Waals surface area contributed by atoms with Crippen molar-refractivity contribution in [1.29, 1.82) is 0 Å². The third-order valence-corrected chi connectivity index (χ3v) is 6.60. The molecule has 0 radical (unpaired) electrons. The first-order valence-corrected chi connectivity index (χ1v) is 9.43. The summed E-state index contributed by atoms with van der Waals surface area (Å²) in [7, 11) is 0. The van der Waals surface area contributed by atoms with Gasteiger partial charge in [0, 0.05) is 10.7 Å². The molecule has 2 atom stereocenters. The summed E-state index contributed by atoms with van der Waals surface area (Å²) in [5.41, 5.74) is 1.43. The number of carbonyl (C=O) groups is 2. The van der Waals surface area contributed by atoms with E-state index < -0.39 is 22.7 Å². The van der Waals surface area contributed by atoms with E-state index in [2.05, 4.69) is 5.32 Å². The molecular formula is C22H24ClNO3. The van der Waals surface area contributed by atoms with Gasteiger partial charge >= 0.3 is 5.97 Å². The zero-order chi connectivity index (χ0) is 19.8. The molecule has 5 heteroatoms. The Kier molecular flexibility index (Phi) is 5.04. The first-order chi connectivity index (χ1) is 12.6. The second-order valence-corrected chi connectivity index (χ2v) is 8.46. The molecule has 1 fully saturated rings. The van der Waals surface area contributed by atoms with Crippen LogP contribution in [0.15, 0.2) is 48.5 Å². The van der Waals surface area contributed by atoms with Crippen LogP contribution in [0.2, 0.25) is 5.02 Å². The molecule has 1 aliphatic rings. The van der Waals surface area contributed by atoms with Crippen LogP contribution in [0.1, 0.15) is 33.6 Å². The van der Waals surface area contributed by atoms with E-state index in [1.165, 1.54) is 0 Å². The average molecular weight is 386 g/mol. The van der Waals surface area contributed by atoms with Crippen molar-refractivity contribution in [3.05, 3.63) is 53.6 Å². The van der Waals surface area contributed by atoms with Crippen LogP contribution in [-0.4, -0.2) is 17.0 Å². The van der Waals surface area contributed by atoms with Gasteiger partial charge in [0.25, 0.3) is 0 Å². The third kappa shape index (κ3) is 3.46. The maximum Gasteiger partial charge on any atom is 0.307 e. The highest BCUT2D eigenvalue weighted by Crippen LogP contribution is 2.56. The lowest BCUT2D eigenvalue weighted by atomic mass is 9.65. The minimum atomic E-state index is -0.830. The summed E-state index contributed by atoms with van der Waals surface area (Å²) in [6.07, 6.45) is 1.08. The third-order valence-electron chi connectivity index (χ3n) is 6.35. The monoisotopic (exact) mass is 385 g/mol. The largest absolute Gasteiger partial charge is 0.481 e. The number of nitrogens with one attached hydrogen (secondary N) is 1. The van der Waals surface area contributed by atoms with Crippen LogP contribution in [0.4, 0.5) is 5.69 Å². The highest BCUT2D eigenvalue weighted by Gasteiger charge is 2.58. The van der Waals surface area contributed by atoms with Crippen molar-refractivity contribution in [2.24, 2.45) is 16.7 Å². The number of halogens is 1. The zero-order valence-electron chi connectivity index (χ0n) is 15.8. The van der Waals surface area contributed by atoms with Gasteiger partial charge in [-0.2, -0.15) is 0 Å². The Balaban J connectivity index is 1.76. The van der Waals surface area contributed by atoms with Gasteiger partial charge in [-0.15, -0.1) is 0 Å². The number of amides is 1.